The Morgan fingerprint density at radius 3 is 2.47 bits per heavy atom. The Morgan fingerprint density at radius 1 is 0.900 bits per heavy atom. The second kappa shape index (κ2) is 8.42. The lowest BCUT2D eigenvalue weighted by molar-refractivity contribution is 0.176. The summed E-state index contributed by atoms with van der Waals surface area (Å²) < 4.78 is 1.12. The number of nitrogens with one attached hydrogen (secondary N) is 1. The molecule has 30 heavy (non-hydrogen) atoms. The lowest BCUT2D eigenvalue weighted by Crippen LogP contribution is -2.48. The quantitative estimate of drug-likeness (QED) is 0.483. The molecule has 3 aromatic rings. The van der Waals surface area contributed by atoms with Gasteiger partial charge in [0, 0.05) is 53.5 Å². The van der Waals surface area contributed by atoms with Gasteiger partial charge in [-0.15, -0.1) is 0 Å². The number of amidine groups is 1. The zero-order chi connectivity index (χ0) is 20.5. The third-order valence-corrected chi connectivity index (χ3v) is 6.38. The normalized spacial score (nSPS) is 16.2. The summed E-state index contributed by atoms with van der Waals surface area (Å²) in [5, 5.41) is 4.23. The van der Waals surface area contributed by atoms with Gasteiger partial charge < -0.3 is 10.2 Å². The largest absolute Gasteiger partial charge is 0.353 e. The number of rotatable bonds is 2. The molecule has 1 saturated heterocycles. The molecule has 0 atom stereocenters. The molecule has 1 fully saturated rings. The van der Waals surface area contributed by atoms with Gasteiger partial charge >= 0.3 is 0 Å². The molecule has 0 spiro atoms. The Labute approximate surface area is 190 Å². The molecule has 0 aromatic heterocycles. The molecule has 0 aliphatic carbocycles. The van der Waals surface area contributed by atoms with Crippen LogP contribution in [0.2, 0.25) is 5.02 Å². The van der Waals surface area contributed by atoms with Crippen molar-refractivity contribution < 1.29 is 0 Å². The number of hydrogen-bond donors (Lipinski definition) is 1. The van der Waals surface area contributed by atoms with Crippen LogP contribution in [-0.4, -0.2) is 41.8 Å². The maximum Gasteiger partial charge on any atom is 0.138 e. The fourth-order valence-electron chi connectivity index (χ4n) is 4.02. The maximum absolute atomic E-state index is 6.26. The number of piperazine rings is 1. The monoisotopic (exact) mass is 480 g/mol. The summed E-state index contributed by atoms with van der Waals surface area (Å²) in [5.74, 6) is 1.02. The first-order valence-electron chi connectivity index (χ1n) is 10.1. The van der Waals surface area contributed by atoms with Crippen molar-refractivity contribution in [2.45, 2.75) is 6.54 Å². The van der Waals surface area contributed by atoms with E-state index in [-0.39, 0.29) is 0 Å². The number of halogens is 2. The molecule has 5 rings (SSSR count). The fourth-order valence-corrected chi connectivity index (χ4v) is 4.45. The molecule has 0 saturated carbocycles. The molecule has 2 heterocycles. The molecule has 0 radical (unpaired) electrons. The standard InChI is InChI=1S/C24H22BrClN4/c25-18-7-5-17(6-8-18)16-29-11-13-30(14-12-29)24-20-3-1-2-4-21(20)27-22-10-9-19(26)15-23(22)28-24/h1-10,15,27H,11-14,16H2. The summed E-state index contributed by atoms with van der Waals surface area (Å²) in [7, 11) is 0. The Balaban J connectivity index is 1.38. The number of benzene rings is 3. The summed E-state index contributed by atoms with van der Waals surface area (Å²) in [5.41, 5.74) is 5.42. The van der Waals surface area contributed by atoms with Crippen LogP contribution in [0, 0.1) is 0 Å². The Bertz CT molecular complexity index is 1090. The third-order valence-electron chi connectivity index (χ3n) is 5.61. The van der Waals surface area contributed by atoms with E-state index < -0.39 is 0 Å². The molecule has 0 amide bonds. The van der Waals surface area contributed by atoms with Crippen molar-refractivity contribution in [3.05, 3.63) is 87.4 Å². The van der Waals surface area contributed by atoms with Gasteiger partial charge in [-0.3, -0.25) is 4.90 Å². The van der Waals surface area contributed by atoms with Crippen LogP contribution >= 0.6 is 27.5 Å². The predicted molar refractivity (Wildman–Crippen MR) is 128 cm³/mol. The van der Waals surface area contributed by atoms with Crippen molar-refractivity contribution >= 4 is 50.4 Å². The smallest absolute Gasteiger partial charge is 0.138 e. The summed E-state index contributed by atoms with van der Waals surface area (Å²) >= 11 is 9.77. The van der Waals surface area contributed by atoms with E-state index in [9.17, 15) is 0 Å². The average Bonchev–Trinajstić information content (AvgIpc) is 2.92. The Kier molecular flexibility index (Phi) is 5.50. The summed E-state index contributed by atoms with van der Waals surface area (Å²) in [6, 6.07) is 22.8. The molecular weight excluding hydrogens is 460 g/mol. The van der Waals surface area contributed by atoms with Gasteiger partial charge in [-0.05, 0) is 48.0 Å². The van der Waals surface area contributed by atoms with Gasteiger partial charge in [-0.25, -0.2) is 4.99 Å². The highest BCUT2D eigenvalue weighted by atomic mass is 79.9. The second-order valence-electron chi connectivity index (χ2n) is 7.66. The van der Waals surface area contributed by atoms with E-state index in [1.54, 1.807) is 0 Å². The van der Waals surface area contributed by atoms with E-state index in [2.05, 4.69) is 79.6 Å². The molecule has 6 heteroatoms. The molecule has 2 aliphatic rings. The SMILES string of the molecule is Clc1ccc2c(c1)N=C(N1CCN(Cc3ccc(Br)cc3)CC1)c1ccccc1N2. The van der Waals surface area contributed by atoms with E-state index in [0.29, 0.717) is 5.02 Å². The molecule has 3 aromatic carbocycles. The van der Waals surface area contributed by atoms with Crippen LogP contribution in [-0.2, 0) is 6.54 Å². The van der Waals surface area contributed by atoms with Crippen molar-refractivity contribution in [1.82, 2.24) is 9.80 Å². The van der Waals surface area contributed by atoms with Crippen molar-refractivity contribution in [2.24, 2.45) is 4.99 Å². The number of hydrogen-bond acceptors (Lipinski definition) is 4. The van der Waals surface area contributed by atoms with Gasteiger partial charge in [0.1, 0.15) is 5.84 Å². The van der Waals surface area contributed by atoms with Crippen LogP contribution in [0.4, 0.5) is 17.1 Å². The second-order valence-corrected chi connectivity index (χ2v) is 9.01. The minimum atomic E-state index is 0.698. The third kappa shape index (κ3) is 4.10. The van der Waals surface area contributed by atoms with E-state index in [0.717, 1.165) is 65.7 Å². The van der Waals surface area contributed by atoms with E-state index >= 15 is 0 Å². The van der Waals surface area contributed by atoms with E-state index in [1.165, 1.54) is 5.56 Å². The van der Waals surface area contributed by atoms with Crippen LogP contribution in [0.5, 0.6) is 0 Å². The highest BCUT2D eigenvalue weighted by molar-refractivity contribution is 9.10. The van der Waals surface area contributed by atoms with Crippen molar-refractivity contribution in [3.63, 3.8) is 0 Å². The number of nitrogens with zero attached hydrogens (tertiary/aromatic N) is 3. The molecule has 152 valence electrons. The number of aliphatic imine (C=N–C) groups is 1. The molecule has 4 nitrogen and oxygen atoms in total. The van der Waals surface area contributed by atoms with Crippen molar-refractivity contribution in [3.8, 4) is 0 Å². The molecule has 0 bridgehead atoms. The van der Waals surface area contributed by atoms with Crippen LogP contribution < -0.4 is 5.32 Å². The molecule has 0 unspecified atom stereocenters. The van der Waals surface area contributed by atoms with Gasteiger partial charge in [0.15, 0.2) is 0 Å². The summed E-state index contributed by atoms with van der Waals surface area (Å²) in [6.07, 6.45) is 0. The predicted octanol–water partition coefficient (Wildman–Crippen LogP) is 6.06. The number of anilines is 2. The van der Waals surface area contributed by atoms with Crippen LogP contribution in [0.25, 0.3) is 0 Å². The van der Waals surface area contributed by atoms with Crippen LogP contribution in [0.1, 0.15) is 11.1 Å². The summed E-state index contributed by atoms with van der Waals surface area (Å²) in [4.78, 5) is 9.96. The topological polar surface area (TPSA) is 30.9 Å². The first-order valence-corrected chi connectivity index (χ1v) is 11.3. The lowest BCUT2D eigenvalue weighted by atomic mass is 10.1. The van der Waals surface area contributed by atoms with Gasteiger partial charge in [0.05, 0.1) is 11.4 Å². The fraction of sp³-hybridized carbons (Fsp3) is 0.208. The first kappa shape index (κ1) is 19.6. The van der Waals surface area contributed by atoms with Gasteiger partial charge in [0.25, 0.3) is 0 Å². The zero-order valence-corrected chi connectivity index (χ0v) is 18.8. The van der Waals surface area contributed by atoms with Crippen LogP contribution in [0.15, 0.2) is 76.2 Å². The Hall–Kier alpha value is -2.34. The zero-order valence-electron chi connectivity index (χ0n) is 16.5. The summed E-state index contributed by atoms with van der Waals surface area (Å²) in [6.45, 7) is 4.88. The average molecular weight is 482 g/mol. The molecule has 1 N–H and O–H groups in total. The molecular formula is C24H22BrClN4. The Morgan fingerprint density at radius 2 is 1.67 bits per heavy atom. The van der Waals surface area contributed by atoms with Gasteiger partial charge in [-0.1, -0.05) is 51.8 Å². The highest BCUT2D eigenvalue weighted by Gasteiger charge is 2.25. The van der Waals surface area contributed by atoms with Crippen molar-refractivity contribution in [1.29, 1.82) is 0 Å². The minimum Gasteiger partial charge on any atom is -0.353 e. The van der Waals surface area contributed by atoms with E-state index in [1.807, 2.05) is 18.2 Å². The molecule has 2 aliphatic heterocycles. The number of para-hydroxylation sites is 1. The van der Waals surface area contributed by atoms with E-state index in [4.69, 9.17) is 16.6 Å². The van der Waals surface area contributed by atoms with Crippen LogP contribution in [0.3, 0.4) is 0 Å². The lowest BCUT2D eigenvalue weighted by Gasteiger charge is -2.36. The van der Waals surface area contributed by atoms with Crippen molar-refractivity contribution in [2.75, 3.05) is 31.5 Å². The first-order chi connectivity index (χ1) is 14.7. The number of fused-ring (bicyclic) bond motifs is 2. The van der Waals surface area contributed by atoms with Gasteiger partial charge in [-0.2, -0.15) is 0 Å². The van der Waals surface area contributed by atoms with Gasteiger partial charge in [0.2, 0.25) is 0 Å². The maximum atomic E-state index is 6.26. The highest BCUT2D eigenvalue weighted by Crippen LogP contribution is 2.36. The minimum absolute atomic E-state index is 0.698.